The molecule has 0 saturated carbocycles. The third-order valence-corrected chi connectivity index (χ3v) is 0. The average Bonchev–Trinajstić information content (AvgIpc) is 0.918. The van der Waals surface area contributed by atoms with Crippen LogP contribution in [0.5, 0.6) is 0 Å². The van der Waals surface area contributed by atoms with Crippen LogP contribution in [-0.4, -0.2) is 11.6 Å². The molecule has 0 aliphatic rings. The predicted molar refractivity (Wildman–Crippen MR) is 15.4 cm³/mol. The summed E-state index contributed by atoms with van der Waals surface area (Å²) in [5, 5.41) is 6.89. The van der Waals surface area contributed by atoms with Crippen LogP contribution in [0.3, 0.4) is 0 Å². The fourth-order valence-electron chi connectivity index (χ4n) is 0. The van der Waals surface area contributed by atoms with E-state index < -0.39 is 0 Å². The molecule has 0 aliphatic carbocycles. The molecule has 0 unspecified atom stereocenters. The highest BCUT2D eigenvalue weighted by Crippen LogP contribution is 0.966. The van der Waals surface area contributed by atoms with Crippen molar-refractivity contribution in [1.29, 1.82) is 0 Å². The van der Waals surface area contributed by atoms with E-state index >= 15 is 0 Å². The van der Waals surface area contributed by atoms with Gasteiger partial charge in [-0.25, -0.2) is 0 Å². The van der Waals surface area contributed by atoms with E-state index in [1.165, 1.54) is 0 Å². The van der Waals surface area contributed by atoms with Gasteiger partial charge in [0.15, 0.2) is 0 Å². The van der Waals surface area contributed by atoms with Crippen LogP contribution in [0, 0.1) is 0 Å². The molecule has 4 heavy (non-hydrogen) atoms. The zero-order valence-corrected chi connectivity index (χ0v) is 1.43. The van der Waals surface area contributed by atoms with E-state index in [-0.39, 0.29) is 13.9 Å². The minimum absolute atomic E-state index is 0. The molecule has 0 radical (unpaired) electrons. The van der Waals surface area contributed by atoms with Crippen LogP contribution in [-0.2, 0) is 4.79 Å². The van der Waals surface area contributed by atoms with Crippen molar-refractivity contribution >= 4 is 6.47 Å². The molecule has 0 bridgehead atoms. The van der Waals surface area contributed by atoms with Gasteiger partial charge in [0.05, 0.1) is 0 Å². The van der Waals surface area contributed by atoms with Crippen LogP contribution in [0.2, 0.25) is 0 Å². The van der Waals surface area contributed by atoms with Crippen LogP contribution >= 0.6 is 0 Å². The summed E-state index contributed by atoms with van der Waals surface area (Å²) < 4.78 is 0. The molecule has 1 N–H and O–H groups in total. The second-order valence-electron chi connectivity index (χ2n) is 0.105. The molecular weight excluding hydrogens is 45.0 g/mol. The molecule has 0 aliphatic heterocycles. The molecule has 0 rings (SSSR count). The monoisotopic (exact) mass is 51.0 g/mol. The molecule has 2 nitrogen and oxygen atoms in total. The molecule has 0 saturated heterocycles. The van der Waals surface area contributed by atoms with Crippen LogP contribution in [0.1, 0.15) is 7.43 Å². The van der Waals surface area contributed by atoms with Gasteiger partial charge in [0, 0.05) is 0 Å². The highest BCUT2D eigenvalue weighted by Gasteiger charge is 1.22. The molecule has 2 heteroatoms. The van der Waals surface area contributed by atoms with Crippen LogP contribution in [0.15, 0.2) is 0 Å². The Kier molecular flexibility index (Phi) is 59.2. The quantitative estimate of drug-likeness (QED) is 0.403. The van der Waals surface area contributed by atoms with E-state index in [4.69, 9.17) is 9.90 Å². The second-order valence-corrected chi connectivity index (χ2v) is 0.105. The highest BCUT2D eigenvalue weighted by atomic mass is 16.3. The Labute approximate surface area is 25.1 Å². The lowest BCUT2D eigenvalue weighted by molar-refractivity contribution is -0.122. The van der Waals surface area contributed by atoms with Gasteiger partial charge in [0.1, 0.15) is 0 Å². The maximum Gasteiger partial charge on any atom is 0.290 e. The van der Waals surface area contributed by atoms with E-state index in [1.54, 1.807) is 0 Å². The molecule has 0 atom stereocenters. The first-order chi connectivity index (χ1) is 1.41. The van der Waals surface area contributed by atoms with Gasteiger partial charge in [-0.05, 0) is 0 Å². The molecule has 0 fully saturated rings. The third-order valence-electron chi connectivity index (χ3n) is 0. The molecule has 0 aromatic rings. The largest absolute Gasteiger partial charge is 0.483 e. The van der Waals surface area contributed by atoms with Crippen molar-refractivity contribution < 1.29 is 9.90 Å². The van der Waals surface area contributed by atoms with Crippen LogP contribution in [0.4, 0.5) is 0 Å². The Morgan fingerprint density at radius 1 is 1.75 bits per heavy atom. The summed E-state index contributed by atoms with van der Waals surface area (Å²) in [5.74, 6) is 0. The van der Waals surface area contributed by atoms with Gasteiger partial charge < -0.3 is 5.11 Å². The van der Waals surface area contributed by atoms with Gasteiger partial charge in [0.25, 0.3) is 6.47 Å². The summed E-state index contributed by atoms with van der Waals surface area (Å²) in [7, 11) is 0. The summed E-state index contributed by atoms with van der Waals surface area (Å²) in [6.07, 6.45) is 0. The summed E-state index contributed by atoms with van der Waals surface area (Å²) in [4.78, 5) is 8.36. The van der Waals surface area contributed by atoms with Gasteiger partial charge in [-0.1, -0.05) is 7.43 Å². The van der Waals surface area contributed by atoms with Crippen molar-refractivity contribution in [3.63, 3.8) is 0 Å². The van der Waals surface area contributed by atoms with Gasteiger partial charge in [-0.3, -0.25) is 4.79 Å². The summed E-state index contributed by atoms with van der Waals surface area (Å²) in [6, 6.07) is 0. The predicted octanol–water partition coefficient (Wildman–Crippen LogP) is 0.337. The maximum atomic E-state index is 8.36. The van der Waals surface area contributed by atoms with Crippen molar-refractivity contribution in [2.24, 2.45) is 0 Å². The average molecular weight is 51.1 g/mol. The maximum absolute atomic E-state index is 8.36. The van der Waals surface area contributed by atoms with Crippen molar-refractivity contribution in [3.05, 3.63) is 0 Å². The van der Waals surface area contributed by atoms with Gasteiger partial charge in [-0.2, -0.15) is 0 Å². The zero-order chi connectivity index (χ0) is 2.71. The lowest BCUT2D eigenvalue weighted by atomic mass is 1.000. The van der Waals surface area contributed by atoms with Gasteiger partial charge >= 0.3 is 0 Å². The number of carboxylic acid groups (broad SMARTS) is 1. The SMILES string of the molecule is O=CO.[1CH4]. The highest BCUT2D eigenvalue weighted by molar-refractivity contribution is 5.32. The van der Waals surface area contributed by atoms with Crippen molar-refractivity contribution in [2.45, 2.75) is 7.43 Å². The molecule has 0 heterocycles. The lowest BCUT2D eigenvalue weighted by Crippen LogP contribution is -1.49. The molecule has 0 spiro atoms. The summed E-state index contributed by atoms with van der Waals surface area (Å²) in [5.41, 5.74) is 0. The molecular formula is C2H6O2. The fourth-order valence-corrected chi connectivity index (χ4v) is 0. The van der Waals surface area contributed by atoms with Crippen molar-refractivity contribution in [1.82, 2.24) is 0 Å². The number of carbonyl (C=O) groups is 1. The Bertz CT molecular complexity index is 11.5. The smallest absolute Gasteiger partial charge is 0.290 e. The Morgan fingerprint density at radius 3 is 1.75 bits per heavy atom. The van der Waals surface area contributed by atoms with E-state index in [0.717, 1.165) is 0 Å². The van der Waals surface area contributed by atoms with Gasteiger partial charge in [-0.15, -0.1) is 0 Å². The minimum atomic E-state index is -0.250. The topological polar surface area (TPSA) is 37.3 Å². The Balaban J connectivity index is 0. The molecule has 0 aromatic heterocycles. The normalized spacial score (nSPS) is 3.00. The van der Waals surface area contributed by atoms with E-state index in [0.29, 0.717) is 0 Å². The molecule has 0 aromatic carbocycles. The standard InChI is InChI=1S/CH2O2.CH4/c2-1-3;/h1H,(H,2,3);1H4/i;1-11. The fraction of sp³-hybridized carbons (Fsp3) is 0.500. The summed E-state index contributed by atoms with van der Waals surface area (Å²) >= 11 is 0. The van der Waals surface area contributed by atoms with Crippen molar-refractivity contribution in [2.75, 3.05) is 0 Å². The van der Waals surface area contributed by atoms with Gasteiger partial charge in [0.2, 0.25) is 0 Å². The van der Waals surface area contributed by atoms with E-state index in [9.17, 15) is 0 Å². The Morgan fingerprint density at radius 2 is 1.75 bits per heavy atom. The van der Waals surface area contributed by atoms with E-state index in [1.807, 2.05) is 0 Å². The molecule has 26 valence electrons. The first-order valence-electron chi connectivity index (χ1n) is 0.494. The third kappa shape index (κ3) is 1.16. The number of hydrogen-bond acceptors (Lipinski definition) is 1. The number of hydrogen-bond donors (Lipinski definition) is 1. The Hall–Kier alpha value is -0.530. The first-order valence-corrected chi connectivity index (χ1v) is 0.494. The van der Waals surface area contributed by atoms with E-state index in [2.05, 4.69) is 0 Å². The summed E-state index contributed by atoms with van der Waals surface area (Å²) in [6.45, 7) is -0.250. The lowest BCUT2D eigenvalue weighted by Gasteiger charge is -1.34. The van der Waals surface area contributed by atoms with Crippen molar-refractivity contribution in [3.8, 4) is 0 Å². The second kappa shape index (κ2) is 24.2. The van der Waals surface area contributed by atoms with Crippen LogP contribution < -0.4 is 0 Å². The minimum Gasteiger partial charge on any atom is -0.483 e. The first kappa shape index (κ1) is 9.80. The number of rotatable bonds is 0. The zero-order valence-electron chi connectivity index (χ0n) is 1.43. The van der Waals surface area contributed by atoms with Crippen LogP contribution in [0.25, 0.3) is 0 Å². The molecule has 0 amide bonds.